The van der Waals surface area contributed by atoms with Crippen LogP contribution in [0.15, 0.2) is 22.7 Å². The maximum atomic E-state index is 10.5. The molecule has 3 N–H and O–H groups in total. The van der Waals surface area contributed by atoms with Crippen molar-refractivity contribution in [2.75, 3.05) is 5.73 Å². The van der Waals surface area contributed by atoms with E-state index in [4.69, 9.17) is 27.0 Å². The van der Waals surface area contributed by atoms with Gasteiger partial charge >= 0.3 is 5.97 Å². The van der Waals surface area contributed by atoms with Crippen LogP contribution in [0.2, 0.25) is 5.02 Å². The molecule has 0 fully saturated rings. The van der Waals surface area contributed by atoms with Gasteiger partial charge in [-0.25, -0.2) is 4.79 Å². The van der Waals surface area contributed by atoms with Crippen LogP contribution in [-0.4, -0.2) is 21.2 Å². The highest BCUT2D eigenvalue weighted by Gasteiger charge is 2.14. The third-order valence-corrected chi connectivity index (χ3v) is 2.20. The molecule has 0 spiro atoms. The van der Waals surface area contributed by atoms with Crippen molar-refractivity contribution in [3.8, 4) is 11.5 Å². The lowest BCUT2D eigenvalue weighted by Crippen LogP contribution is -1.98. The Kier molecular flexibility index (Phi) is 2.49. The minimum Gasteiger partial charge on any atom is -0.475 e. The molecule has 0 radical (unpaired) electrons. The van der Waals surface area contributed by atoms with Gasteiger partial charge in [0.1, 0.15) is 0 Å². The number of rotatable bonds is 2. The Morgan fingerprint density at radius 2 is 2.25 bits per heavy atom. The highest BCUT2D eigenvalue weighted by Crippen LogP contribution is 2.25. The molecule has 0 atom stereocenters. The Morgan fingerprint density at radius 1 is 1.50 bits per heavy atom. The second-order valence-electron chi connectivity index (χ2n) is 2.96. The van der Waals surface area contributed by atoms with E-state index in [9.17, 15) is 4.79 Å². The van der Waals surface area contributed by atoms with Crippen LogP contribution in [0.4, 0.5) is 5.69 Å². The van der Waals surface area contributed by atoms with Crippen molar-refractivity contribution in [3.63, 3.8) is 0 Å². The number of halogens is 1. The highest BCUT2D eigenvalue weighted by molar-refractivity contribution is 6.33. The lowest BCUT2D eigenvalue weighted by Gasteiger charge is -1.98. The van der Waals surface area contributed by atoms with Gasteiger partial charge in [-0.15, -0.1) is 0 Å². The number of benzene rings is 1. The molecule has 0 saturated heterocycles. The van der Waals surface area contributed by atoms with Crippen LogP contribution in [0, 0.1) is 0 Å². The van der Waals surface area contributed by atoms with E-state index in [1.807, 2.05) is 0 Å². The average Bonchev–Trinajstić information content (AvgIpc) is 2.71. The van der Waals surface area contributed by atoms with Gasteiger partial charge in [-0.05, 0) is 23.4 Å². The zero-order valence-corrected chi connectivity index (χ0v) is 8.60. The quantitative estimate of drug-likeness (QED) is 0.773. The number of aromatic carboxylic acids is 1. The van der Waals surface area contributed by atoms with Gasteiger partial charge in [0.15, 0.2) is 0 Å². The summed E-state index contributed by atoms with van der Waals surface area (Å²) in [6.45, 7) is 0. The predicted molar refractivity (Wildman–Crippen MR) is 56.1 cm³/mol. The van der Waals surface area contributed by atoms with Crippen LogP contribution in [0.25, 0.3) is 11.5 Å². The van der Waals surface area contributed by atoms with Crippen LogP contribution >= 0.6 is 11.6 Å². The number of anilines is 1. The van der Waals surface area contributed by atoms with Crippen LogP contribution in [0.1, 0.15) is 10.6 Å². The molecule has 7 heteroatoms. The molecule has 2 rings (SSSR count). The van der Waals surface area contributed by atoms with E-state index >= 15 is 0 Å². The second kappa shape index (κ2) is 3.82. The number of nitrogens with zero attached hydrogens (tertiary/aromatic N) is 2. The first-order valence-electron chi connectivity index (χ1n) is 4.20. The summed E-state index contributed by atoms with van der Waals surface area (Å²) in [5.41, 5.74) is 6.46. The molecular weight excluding hydrogens is 234 g/mol. The number of hydrogen-bond donors (Lipinski definition) is 2. The standard InChI is InChI=1S/C9H6ClN3O3/c10-5-2-1-4(3-6(5)11)8-12-7(9(14)15)13-16-8/h1-3H,11H2,(H,14,15). The Morgan fingerprint density at radius 3 is 2.81 bits per heavy atom. The summed E-state index contributed by atoms with van der Waals surface area (Å²) in [6.07, 6.45) is 0. The summed E-state index contributed by atoms with van der Waals surface area (Å²) in [5.74, 6) is -1.57. The molecule has 6 nitrogen and oxygen atoms in total. The van der Waals surface area contributed by atoms with E-state index < -0.39 is 11.8 Å². The van der Waals surface area contributed by atoms with Crippen LogP contribution in [0.5, 0.6) is 0 Å². The van der Waals surface area contributed by atoms with Crippen molar-refractivity contribution in [2.24, 2.45) is 0 Å². The van der Waals surface area contributed by atoms with E-state index in [1.165, 1.54) is 6.07 Å². The van der Waals surface area contributed by atoms with Gasteiger partial charge in [-0.3, -0.25) is 0 Å². The van der Waals surface area contributed by atoms with Crippen molar-refractivity contribution < 1.29 is 14.4 Å². The summed E-state index contributed by atoms with van der Waals surface area (Å²) in [7, 11) is 0. The van der Waals surface area contributed by atoms with E-state index in [-0.39, 0.29) is 5.89 Å². The SMILES string of the molecule is Nc1cc(-c2nc(C(=O)O)no2)ccc1Cl. The highest BCUT2D eigenvalue weighted by atomic mass is 35.5. The molecular formula is C9H6ClN3O3. The lowest BCUT2D eigenvalue weighted by atomic mass is 10.2. The van der Waals surface area contributed by atoms with Crippen molar-refractivity contribution in [1.29, 1.82) is 0 Å². The minimum absolute atomic E-state index is 0.0840. The van der Waals surface area contributed by atoms with Crippen molar-refractivity contribution in [1.82, 2.24) is 10.1 Å². The first kappa shape index (κ1) is 10.4. The van der Waals surface area contributed by atoms with E-state index in [0.29, 0.717) is 16.3 Å². The summed E-state index contributed by atoms with van der Waals surface area (Å²) < 4.78 is 4.77. The van der Waals surface area contributed by atoms with Gasteiger partial charge in [0.05, 0.1) is 10.7 Å². The zero-order chi connectivity index (χ0) is 11.7. The van der Waals surface area contributed by atoms with Crippen molar-refractivity contribution in [2.45, 2.75) is 0 Å². The predicted octanol–water partition coefficient (Wildman–Crippen LogP) is 1.67. The van der Waals surface area contributed by atoms with Gasteiger partial charge in [0.25, 0.3) is 11.7 Å². The molecule has 1 aromatic carbocycles. The summed E-state index contributed by atoms with van der Waals surface area (Å²) in [5, 5.41) is 12.3. The van der Waals surface area contributed by atoms with Crippen LogP contribution < -0.4 is 5.73 Å². The number of nitrogen functional groups attached to an aromatic ring is 1. The monoisotopic (exact) mass is 239 g/mol. The largest absolute Gasteiger partial charge is 0.475 e. The van der Waals surface area contributed by atoms with Crippen molar-refractivity contribution >= 4 is 23.3 Å². The first-order valence-corrected chi connectivity index (χ1v) is 4.58. The number of hydrogen-bond acceptors (Lipinski definition) is 5. The maximum absolute atomic E-state index is 10.5. The van der Waals surface area contributed by atoms with Crippen LogP contribution in [0.3, 0.4) is 0 Å². The number of carboxylic acids is 1. The molecule has 0 unspecified atom stereocenters. The molecule has 1 heterocycles. The van der Waals surface area contributed by atoms with Gasteiger partial charge in [0.2, 0.25) is 0 Å². The molecule has 0 amide bonds. The molecule has 2 aromatic rings. The third kappa shape index (κ3) is 1.82. The summed E-state index contributed by atoms with van der Waals surface area (Å²) in [4.78, 5) is 14.2. The maximum Gasteiger partial charge on any atom is 0.377 e. The fourth-order valence-electron chi connectivity index (χ4n) is 1.10. The molecule has 0 saturated carbocycles. The molecule has 16 heavy (non-hydrogen) atoms. The van der Waals surface area contributed by atoms with E-state index in [2.05, 4.69) is 10.1 Å². The number of carbonyl (C=O) groups is 1. The van der Waals surface area contributed by atoms with Gasteiger partial charge in [0, 0.05) is 5.56 Å². The van der Waals surface area contributed by atoms with Crippen molar-refractivity contribution in [3.05, 3.63) is 29.0 Å². The zero-order valence-electron chi connectivity index (χ0n) is 7.85. The number of carboxylic acid groups (broad SMARTS) is 1. The smallest absolute Gasteiger partial charge is 0.377 e. The molecule has 0 aliphatic rings. The fraction of sp³-hybridized carbons (Fsp3) is 0. The topological polar surface area (TPSA) is 102 Å². The molecule has 0 aliphatic carbocycles. The molecule has 1 aromatic heterocycles. The Bertz CT molecular complexity index is 553. The van der Waals surface area contributed by atoms with Gasteiger partial charge < -0.3 is 15.4 Å². The number of nitrogens with two attached hydrogens (primary N) is 1. The van der Waals surface area contributed by atoms with Crippen LogP contribution in [-0.2, 0) is 0 Å². The Balaban J connectivity index is 2.42. The second-order valence-corrected chi connectivity index (χ2v) is 3.37. The average molecular weight is 240 g/mol. The Hall–Kier alpha value is -2.08. The van der Waals surface area contributed by atoms with Gasteiger partial charge in [-0.1, -0.05) is 11.6 Å². The molecule has 82 valence electrons. The van der Waals surface area contributed by atoms with E-state index in [0.717, 1.165) is 0 Å². The number of aromatic nitrogens is 2. The summed E-state index contributed by atoms with van der Waals surface area (Å²) in [6, 6.07) is 4.70. The van der Waals surface area contributed by atoms with Gasteiger partial charge in [-0.2, -0.15) is 4.98 Å². The normalized spacial score (nSPS) is 10.3. The first-order chi connectivity index (χ1) is 7.58. The van der Waals surface area contributed by atoms with E-state index in [1.54, 1.807) is 12.1 Å². The molecule has 0 bridgehead atoms. The lowest BCUT2D eigenvalue weighted by molar-refractivity contribution is 0.0680. The summed E-state index contributed by atoms with van der Waals surface area (Å²) >= 11 is 5.74. The fourth-order valence-corrected chi connectivity index (χ4v) is 1.22. The minimum atomic E-state index is -1.25. The Labute approximate surface area is 94.6 Å². The third-order valence-electron chi connectivity index (χ3n) is 1.86. The molecule has 0 aliphatic heterocycles.